The van der Waals surface area contributed by atoms with Crippen molar-refractivity contribution < 1.29 is 4.39 Å². The second-order valence-corrected chi connectivity index (χ2v) is 4.35. The summed E-state index contributed by atoms with van der Waals surface area (Å²) in [5.74, 6) is -0.181. The first-order chi connectivity index (χ1) is 6.55. The van der Waals surface area contributed by atoms with E-state index in [1.165, 1.54) is 6.07 Å². The number of rotatable bonds is 4. The van der Waals surface area contributed by atoms with Gasteiger partial charge in [0, 0.05) is 6.54 Å². The molecule has 0 saturated heterocycles. The lowest BCUT2D eigenvalue weighted by Gasteiger charge is -2.23. The maximum atomic E-state index is 13.2. The second kappa shape index (κ2) is 4.45. The molecule has 1 aromatic carbocycles. The van der Waals surface area contributed by atoms with Crippen molar-refractivity contribution in [2.75, 3.05) is 11.9 Å². The fourth-order valence-electron chi connectivity index (χ4n) is 1.06. The van der Waals surface area contributed by atoms with Crippen LogP contribution in [-0.2, 0) is 0 Å². The summed E-state index contributed by atoms with van der Waals surface area (Å²) < 4.78 is 13.2. The van der Waals surface area contributed by atoms with Crippen molar-refractivity contribution >= 4 is 5.69 Å². The van der Waals surface area contributed by atoms with Gasteiger partial charge < -0.3 is 5.32 Å². The maximum absolute atomic E-state index is 13.2. The molecule has 2 heteroatoms. The normalized spacial score (nSPS) is 11.4. The third kappa shape index (κ3) is 3.02. The predicted molar refractivity (Wildman–Crippen MR) is 59.0 cm³/mol. The van der Waals surface area contributed by atoms with Crippen LogP contribution in [0.5, 0.6) is 0 Å². The standard InChI is InChI=1S/C12H18FN/c1-4-12(2,3)9-14-11-8-6-5-7-10(11)13/h5-8,14H,4,9H2,1-3H3. The Morgan fingerprint density at radius 3 is 2.50 bits per heavy atom. The molecule has 0 fully saturated rings. The van der Waals surface area contributed by atoms with Gasteiger partial charge >= 0.3 is 0 Å². The molecule has 0 heterocycles. The van der Waals surface area contributed by atoms with Crippen molar-refractivity contribution in [3.63, 3.8) is 0 Å². The molecule has 1 aromatic rings. The highest BCUT2D eigenvalue weighted by atomic mass is 19.1. The number of anilines is 1. The van der Waals surface area contributed by atoms with Crippen LogP contribution < -0.4 is 5.32 Å². The Kier molecular flexibility index (Phi) is 3.50. The summed E-state index contributed by atoms with van der Waals surface area (Å²) in [6.07, 6.45) is 1.08. The van der Waals surface area contributed by atoms with Gasteiger partial charge in [0.25, 0.3) is 0 Å². The second-order valence-electron chi connectivity index (χ2n) is 4.35. The number of para-hydroxylation sites is 1. The molecule has 0 aliphatic rings. The Hall–Kier alpha value is -1.05. The summed E-state index contributed by atoms with van der Waals surface area (Å²) in [5, 5.41) is 3.13. The molecule has 0 amide bonds. The Morgan fingerprint density at radius 1 is 1.29 bits per heavy atom. The van der Waals surface area contributed by atoms with E-state index in [1.54, 1.807) is 12.1 Å². The molecular weight excluding hydrogens is 177 g/mol. The first-order valence-electron chi connectivity index (χ1n) is 5.03. The lowest BCUT2D eigenvalue weighted by molar-refractivity contribution is 0.376. The van der Waals surface area contributed by atoms with E-state index >= 15 is 0 Å². The van der Waals surface area contributed by atoms with Crippen LogP contribution in [0.2, 0.25) is 0 Å². The third-order valence-corrected chi connectivity index (χ3v) is 2.59. The Bertz CT molecular complexity index is 294. The highest BCUT2D eigenvalue weighted by Gasteiger charge is 2.14. The molecule has 0 unspecified atom stereocenters. The molecule has 0 saturated carbocycles. The van der Waals surface area contributed by atoms with Crippen molar-refractivity contribution in [2.24, 2.45) is 5.41 Å². The summed E-state index contributed by atoms with van der Waals surface area (Å²) in [6, 6.07) is 6.78. The van der Waals surface area contributed by atoms with Crippen LogP contribution >= 0.6 is 0 Å². The highest BCUT2D eigenvalue weighted by Crippen LogP contribution is 2.21. The quantitative estimate of drug-likeness (QED) is 0.772. The summed E-state index contributed by atoms with van der Waals surface area (Å²) in [7, 11) is 0. The number of hydrogen-bond acceptors (Lipinski definition) is 1. The molecule has 0 aliphatic carbocycles. The van der Waals surface area contributed by atoms with E-state index in [0.29, 0.717) is 5.69 Å². The number of benzene rings is 1. The van der Waals surface area contributed by atoms with Crippen LogP contribution in [-0.4, -0.2) is 6.54 Å². The van der Waals surface area contributed by atoms with Gasteiger partial charge in [0.15, 0.2) is 0 Å². The van der Waals surface area contributed by atoms with Gasteiger partial charge in [0.05, 0.1) is 5.69 Å². The van der Waals surface area contributed by atoms with E-state index < -0.39 is 0 Å². The lowest BCUT2D eigenvalue weighted by Crippen LogP contribution is -2.22. The molecule has 0 aliphatic heterocycles. The van der Waals surface area contributed by atoms with Crippen molar-refractivity contribution in [2.45, 2.75) is 27.2 Å². The van der Waals surface area contributed by atoms with Gasteiger partial charge in [-0.25, -0.2) is 4.39 Å². The van der Waals surface area contributed by atoms with Crippen molar-refractivity contribution in [1.29, 1.82) is 0 Å². The highest BCUT2D eigenvalue weighted by molar-refractivity contribution is 5.44. The van der Waals surface area contributed by atoms with Crippen LogP contribution in [0.15, 0.2) is 24.3 Å². The zero-order chi connectivity index (χ0) is 10.6. The molecule has 14 heavy (non-hydrogen) atoms. The van der Waals surface area contributed by atoms with Gasteiger partial charge in [-0.05, 0) is 24.0 Å². The average molecular weight is 195 g/mol. The fourth-order valence-corrected chi connectivity index (χ4v) is 1.06. The molecule has 1 N–H and O–H groups in total. The number of nitrogens with one attached hydrogen (secondary N) is 1. The molecule has 0 radical (unpaired) electrons. The van der Waals surface area contributed by atoms with Crippen LogP contribution in [0.1, 0.15) is 27.2 Å². The summed E-state index contributed by atoms with van der Waals surface area (Å²) in [5.41, 5.74) is 0.802. The summed E-state index contributed by atoms with van der Waals surface area (Å²) >= 11 is 0. The smallest absolute Gasteiger partial charge is 0.146 e. The Balaban J connectivity index is 2.58. The Labute approximate surface area is 85.3 Å². The van der Waals surface area contributed by atoms with Gasteiger partial charge in [-0.1, -0.05) is 32.9 Å². The fraction of sp³-hybridized carbons (Fsp3) is 0.500. The molecule has 0 aromatic heterocycles. The monoisotopic (exact) mass is 195 g/mol. The molecule has 0 bridgehead atoms. The van der Waals surface area contributed by atoms with Gasteiger partial charge in [-0.2, -0.15) is 0 Å². The largest absolute Gasteiger partial charge is 0.382 e. The van der Waals surface area contributed by atoms with Gasteiger partial charge in [0.2, 0.25) is 0 Å². The number of halogens is 1. The molecule has 1 nitrogen and oxygen atoms in total. The van der Waals surface area contributed by atoms with E-state index in [9.17, 15) is 4.39 Å². The minimum atomic E-state index is -0.181. The van der Waals surface area contributed by atoms with Gasteiger partial charge in [0.1, 0.15) is 5.82 Å². The van der Waals surface area contributed by atoms with E-state index in [0.717, 1.165) is 13.0 Å². The van der Waals surface area contributed by atoms with Crippen molar-refractivity contribution in [3.8, 4) is 0 Å². The van der Waals surface area contributed by atoms with Crippen LogP contribution in [0, 0.1) is 11.2 Å². The van der Waals surface area contributed by atoms with Gasteiger partial charge in [-0.15, -0.1) is 0 Å². The minimum Gasteiger partial charge on any atom is -0.382 e. The predicted octanol–water partition coefficient (Wildman–Crippen LogP) is 3.67. The van der Waals surface area contributed by atoms with E-state index in [2.05, 4.69) is 26.1 Å². The van der Waals surface area contributed by atoms with Gasteiger partial charge in [-0.3, -0.25) is 0 Å². The van der Waals surface area contributed by atoms with E-state index in [-0.39, 0.29) is 11.2 Å². The average Bonchev–Trinajstić information content (AvgIpc) is 2.17. The molecule has 0 spiro atoms. The maximum Gasteiger partial charge on any atom is 0.146 e. The SMILES string of the molecule is CCC(C)(C)CNc1ccccc1F. The van der Waals surface area contributed by atoms with Crippen LogP contribution in [0.25, 0.3) is 0 Å². The number of hydrogen-bond donors (Lipinski definition) is 1. The zero-order valence-electron chi connectivity index (χ0n) is 9.10. The summed E-state index contributed by atoms with van der Waals surface area (Å²) in [6.45, 7) is 7.27. The zero-order valence-corrected chi connectivity index (χ0v) is 9.10. The van der Waals surface area contributed by atoms with Crippen LogP contribution in [0.3, 0.4) is 0 Å². The molecular formula is C12H18FN. The topological polar surface area (TPSA) is 12.0 Å². The van der Waals surface area contributed by atoms with Crippen molar-refractivity contribution in [1.82, 2.24) is 0 Å². The van der Waals surface area contributed by atoms with Crippen molar-refractivity contribution in [3.05, 3.63) is 30.1 Å². The first kappa shape index (κ1) is 11.0. The Morgan fingerprint density at radius 2 is 1.93 bits per heavy atom. The first-order valence-corrected chi connectivity index (χ1v) is 5.03. The van der Waals surface area contributed by atoms with E-state index in [4.69, 9.17) is 0 Å². The van der Waals surface area contributed by atoms with E-state index in [1.807, 2.05) is 6.07 Å². The minimum absolute atomic E-state index is 0.181. The third-order valence-electron chi connectivity index (χ3n) is 2.59. The molecule has 78 valence electrons. The molecule has 0 atom stereocenters. The summed E-state index contributed by atoms with van der Waals surface area (Å²) in [4.78, 5) is 0. The molecule has 1 rings (SSSR count). The lowest BCUT2D eigenvalue weighted by atomic mass is 9.90. The van der Waals surface area contributed by atoms with Crippen LogP contribution in [0.4, 0.5) is 10.1 Å².